The highest BCUT2D eigenvalue weighted by Crippen LogP contribution is 2.19. The van der Waals surface area contributed by atoms with Crippen LogP contribution in [0.15, 0.2) is 17.4 Å². The minimum Gasteiger partial charge on any atom is -0.394 e. The number of thioether (sulfide) groups is 1. The Balaban J connectivity index is 1.94. The Morgan fingerprint density at radius 3 is 3.05 bits per heavy atom. The standard InChI is InChI=1S/C11H18N6OS/c1-3-9(2)16-5-4-10(13-16)8-19-11-12-14-15-17(11)6-7-18/h4-5,9,18H,3,6-8H2,1-2H3. The second-order valence-corrected chi connectivity index (χ2v) is 5.18. The van der Waals surface area contributed by atoms with Crippen molar-refractivity contribution in [2.75, 3.05) is 6.61 Å². The van der Waals surface area contributed by atoms with E-state index >= 15 is 0 Å². The van der Waals surface area contributed by atoms with Crippen molar-refractivity contribution in [1.29, 1.82) is 0 Å². The summed E-state index contributed by atoms with van der Waals surface area (Å²) in [7, 11) is 0. The van der Waals surface area contributed by atoms with Crippen molar-refractivity contribution in [2.45, 2.75) is 43.8 Å². The van der Waals surface area contributed by atoms with Crippen LogP contribution in [0, 0.1) is 0 Å². The fraction of sp³-hybridized carbons (Fsp3) is 0.636. The second kappa shape index (κ2) is 6.67. The first-order valence-corrected chi connectivity index (χ1v) is 7.27. The highest BCUT2D eigenvalue weighted by Gasteiger charge is 2.09. The number of rotatable bonds is 7. The predicted octanol–water partition coefficient (Wildman–Crippen LogP) is 1.13. The molecule has 1 unspecified atom stereocenters. The average Bonchev–Trinajstić information content (AvgIpc) is 3.05. The Labute approximate surface area is 116 Å². The number of hydrogen-bond donors (Lipinski definition) is 1. The molecule has 2 aromatic heterocycles. The molecule has 0 bridgehead atoms. The molecule has 1 atom stereocenters. The lowest BCUT2D eigenvalue weighted by Crippen LogP contribution is -2.06. The Bertz CT molecular complexity index is 511. The number of tetrazole rings is 1. The average molecular weight is 282 g/mol. The molecule has 2 heterocycles. The largest absolute Gasteiger partial charge is 0.394 e. The molecule has 2 rings (SSSR count). The molecule has 0 amide bonds. The molecule has 0 aromatic carbocycles. The molecule has 0 saturated heterocycles. The summed E-state index contributed by atoms with van der Waals surface area (Å²) in [5, 5.41) is 25.5. The lowest BCUT2D eigenvalue weighted by molar-refractivity contribution is 0.262. The van der Waals surface area contributed by atoms with Crippen LogP contribution < -0.4 is 0 Å². The van der Waals surface area contributed by atoms with E-state index < -0.39 is 0 Å². The van der Waals surface area contributed by atoms with Crippen LogP contribution in [0.1, 0.15) is 32.0 Å². The summed E-state index contributed by atoms with van der Waals surface area (Å²) in [6.07, 6.45) is 3.06. The zero-order valence-electron chi connectivity index (χ0n) is 11.1. The second-order valence-electron chi connectivity index (χ2n) is 4.24. The van der Waals surface area contributed by atoms with Crippen LogP contribution in [0.5, 0.6) is 0 Å². The van der Waals surface area contributed by atoms with Crippen LogP contribution in [0.3, 0.4) is 0 Å². The molecular weight excluding hydrogens is 264 g/mol. The number of aromatic nitrogens is 6. The van der Waals surface area contributed by atoms with Crippen molar-refractivity contribution < 1.29 is 5.11 Å². The molecule has 19 heavy (non-hydrogen) atoms. The summed E-state index contributed by atoms with van der Waals surface area (Å²) in [4.78, 5) is 0. The van der Waals surface area contributed by atoms with E-state index in [0.29, 0.717) is 17.7 Å². The molecule has 0 aliphatic rings. The fourth-order valence-electron chi connectivity index (χ4n) is 1.56. The zero-order chi connectivity index (χ0) is 13.7. The van der Waals surface area contributed by atoms with E-state index in [1.54, 1.807) is 4.68 Å². The van der Waals surface area contributed by atoms with Gasteiger partial charge in [-0.2, -0.15) is 5.10 Å². The van der Waals surface area contributed by atoms with E-state index in [9.17, 15) is 0 Å². The monoisotopic (exact) mass is 282 g/mol. The van der Waals surface area contributed by atoms with Gasteiger partial charge in [-0.3, -0.25) is 4.68 Å². The summed E-state index contributed by atoms with van der Waals surface area (Å²) in [6, 6.07) is 2.43. The van der Waals surface area contributed by atoms with Crippen LogP contribution >= 0.6 is 11.8 Å². The molecule has 1 N–H and O–H groups in total. The molecule has 0 aliphatic heterocycles. The molecule has 8 heteroatoms. The van der Waals surface area contributed by atoms with Gasteiger partial charge in [-0.15, -0.1) is 5.10 Å². The zero-order valence-corrected chi connectivity index (χ0v) is 11.9. The van der Waals surface area contributed by atoms with Crippen molar-refractivity contribution in [3.8, 4) is 0 Å². The SMILES string of the molecule is CCC(C)n1ccc(CSc2nnnn2CCO)n1. The molecule has 7 nitrogen and oxygen atoms in total. The van der Waals surface area contributed by atoms with Gasteiger partial charge in [-0.25, -0.2) is 4.68 Å². The van der Waals surface area contributed by atoms with E-state index in [-0.39, 0.29) is 6.61 Å². The topological polar surface area (TPSA) is 81.7 Å². The third kappa shape index (κ3) is 3.54. The maximum absolute atomic E-state index is 8.90. The number of aliphatic hydroxyl groups excluding tert-OH is 1. The van der Waals surface area contributed by atoms with Gasteiger partial charge in [0.15, 0.2) is 0 Å². The number of nitrogens with zero attached hydrogens (tertiary/aromatic N) is 6. The van der Waals surface area contributed by atoms with E-state index in [2.05, 4.69) is 34.5 Å². The Kier molecular flexibility index (Phi) is 4.92. The first kappa shape index (κ1) is 14.0. The van der Waals surface area contributed by atoms with Gasteiger partial charge in [0.25, 0.3) is 0 Å². The molecular formula is C11H18N6OS. The maximum Gasteiger partial charge on any atom is 0.209 e. The van der Waals surface area contributed by atoms with E-state index in [1.807, 2.05) is 16.9 Å². The third-order valence-electron chi connectivity index (χ3n) is 2.87. The summed E-state index contributed by atoms with van der Waals surface area (Å²) in [5.41, 5.74) is 1.00. The minimum atomic E-state index is 0.0290. The molecule has 104 valence electrons. The van der Waals surface area contributed by atoms with Crippen LogP contribution in [0.25, 0.3) is 0 Å². The van der Waals surface area contributed by atoms with Gasteiger partial charge in [0, 0.05) is 18.0 Å². The van der Waals surface area contributed by atoms with Crippen molar-refractivity contribution >= 4 is 11.8 Å². The lowest BCUT2D eigenvalue weighted by Gasteiger charge is -2.08. The van der Waals surface area contributed by atoms with E-state index in [1.165, 1.54) is 11.8 Å². The van der Waals surface area contributed by atoms with Crippen LogP contribution in [-0.2, 0) is 12.3 Å². The summed E-state index contributed by atoms with van der Waals surface area (Å²) >= 11 is 1.52. The molecule has 2 aromatic rings. The van der Waals surface area contributed by atoms with Crippen LogP contribution in [0.2, 0.25) is 0 Å². The molecule has 0 radical (unpaired) electrons. The van der Waals surface area contributed by atoms with Gasteiger partial charge in [-0.05, 0) is 29.8 Å². The van der Waals surface area contributed by atoms with Crippen LogP contribution in [0.4, 0.5) is 0 Å². The number of aliphatic hydroxyl groups is 1. The summed E-state index contributed by atoms with van der Waals surface area (Å²) in [6.45, 7) is 4.73. The van der Waals surface area contributed by atoms with Gasteiger partial charge in [0.1, 0.15) is 0 Å². The first-order valence-electron chi connectivity index (χ1n) is 6.28. The Morgan fingerprint density at radius 1 is 1.47 bits per heavy atom. The van der Waals surface area contributed by atoms with Gasteiger partial charge < -0.3 is 5.11 Å². The summed E-state index contributed by atoms with van der Waals surface area (Å²) in [5.74, 6) is 0.717. The molecule has 0 spiro atoms. The van der Waals surface area contributed by atoms with Crippen LogP contribution in [-0.4, -0.2) is 41.7 Å². The van der Waals surface area contributed by atoms with E-state index in [4.69, 9.17) is 5.11 Å². The van der Waals surface area contributed by atoms with Crippen molar-refractivity contribution in [2.24, 2.45) is 0 Å². The smallest absolute Gasteiger partial charge is 0.209 e. The minimum absolute atomic E-state index is 0.0290. The highest BCUT2D eigenvalue weighted by atomic mass is 32.2. The maximum atomic E-state index is 8.90. The van der Waals surface area contributed by atoms with Crippen molar-refractivity contribution in [3.05, 3.63) is 18.0 Å². The fourth-order valence-corrected chi connectivity index (χ4v) is 2.36. The normalized spacial score (nSPS) is 12.8. The molecule has 0 saturated carbocycles. The van der Waals surface area contributed by atoms with E-state index in [0.717, 1.165) is 17.9 Å². The molecule has 0 fully saturated rings. The third-order valence-corrected chi connectivity index (χ3v) is 3.86. The highest BCUT2D eigenvalue weighted by molar-refractivity contribution is 7.98. The molecule has 0 aliphatic carbocycles. The number of hydrogen-bond acceptors (Lipinski definition) is 6. The van der Waals surface area contributed by atoms with Crippen molar-refractivity contribution in [3.63, 3.8) is 0 Å². The lowest BCUT2D eigenvalue weighted by atomic mass is 10.3. The van der Waals surface area contributed by atoms with Gasteiger partial charge >= 0.3 is 0 Å². The van der Waals surface area contributed by atoms with Gasteiger partial charge in [-0.1, -0.05) is 18.7 Å². The Morgan fingerprint density at radius 2 is 2.32 bits per heavy atom. The first-order chi connectivity index (χ1) is 9.24. The predicted molar refractivity (Wildman–Crippen MR) is 71.7 cm³/mol. The van der Waals surface area contributed by atoms with Crippen molar-refractivity contribution in [1.82, 2.24) is 30.0 Å². The van der Waals surface area contributed by atoms with Gasteiger partial charge in [0.05, 0.1) is 18.8 Å². The van der Waals surface area contributed by atoms with Gasteiger partial charge in [0.2, 0.25) is 5.16 Å². The Hall–Kier alpha value is -1.41. The quantitative estimate of drug-likeness (QED) is 0.767. The summed E-state index contributed by atoms with van der Waals surface area (Å²) < 4.78 is 3.57.